The predicted octanol–water partition coefficient (Wildman–Crippen LogP) is 2.40. The maximum atomic E-state index is 12.8. The van der Waals surface area contributed by atoms with Crippen molar-refractivity contribution in [3.8, 4) is 0 Å². The van der Waals surface area contributed by atoms with E-state index in [4.69, 9.17) is 4.74 Å². The van der Waals surface area contributed by atoms with Gasteiger partial charge < -0.3 is 20.3 Å². The molecule has 160 valence electrons. The molecule has 1 saturated heterocycles. The fourth-order valence-corrected chi connectivity index (χ4v) is 4.72. The second-order valence-corrected chi connectivity index (χ2v) is 8.76. The monoisotopic (exact) mass is 428 g/mol. The van der Waals surface area contributed by atoms with E-state index in [0.717, 1.165) is 37.4 Å². The molecular weight excluding hydrogens is 400 g/mol. The summed E-state index contributed by atoms with van der Waals surface area (Å²) < 4.78 is 5.30. The Morgan fingerprint density at radius 3 is 2.60 bits per heavy atom. The third-order valence-electron chi connectivity index (χ3n) is 5.51. The Morgan fingerprint density at radius 2 is 1.83 bits per heavy atom. The number of rotatable bonds is 6. The van der Waals surface area contributed by atoms with Crippen LogP contribution in [0, 0.1) is 0 Å². The number of ether oxygens (including phenoxy) is 1. The molecule has 7 nitrogen and oxygen atoms in total. The molecule has 1 fully saturated rings. The van der Waals surface area contributed by atoms with Gasteiger partial charge in [0, 0.05) is 42.4 Å². The number of nitrogens with one attached hydrogen (secondary N) is 2. The van der Waals surface area contributed by atoms with Crippen molar-refractivity contribution in [3.63, 3.8) is 0 Å². The van der Waals surface area contributed by atoms with Crippen LogP contribution in [0.5, 0.6) is 0 Å². The second-order valence-electron chi connectivity index (χ2n) is 7.76. The van der Waals surface area contributed by atoms with Gasteiger partial charge in [-0.05, 0) is 54.6 Å². The molecule has 0 aliphatic carbocycles. The third kappa shape index (κ3) is 5.19. The van der Waals surface area contributed by atoms with Crippen LogP contribution in [0.4, 0.5) is 11.4 Å². The third-order valence-corrected chi connectivity index (χ3v) is 6.54. The molecule has 0 spiro atoms. The number of carbonyl (C=O) groups excluding carboxylic acids is 2. The van der Waals surface area contributed by atoms with Crippen LogP contribution in [-0.2, 0) is 27.3 Å². The van der Waals surface area contributed by atoms with Crippen molar-refractivity contribution in [1.82, 2.24) is 9.80 Å². The Labute approximate surface area is 181 Å². The van der Waals surface area contributed by atoms with Crippen molar-refractivity contribution in [3.05, 3.63) is 46.2 Å². The van der Waals surface area contributed by atoms with E-state index in [1.54, 1.807) is 11.3 Å². The highest BCUT2D eigenvalue weighted by Gasteiger charge is 2.25. The number of fused-ring (bicyclic) bond motifs is 1. The van der Waals surface area contributed by atoms with Crippen LogP contribution < -0.4 is 10.6 Å². The van der Waals surface area contributed by atoms with Crippen molar-refractivity contribution in [1.29, 1.82) is 0 Å². The average molecular weight is 429 g/mol. The number of anilines is 2. The molecule has 2 aliphatic heterocycles. The highest BCUT2D eigenvalue weighted by molar-refractivity contribution is 7.10. The topological polar surface area (TPSA) is 73.9 Å². The summed E-state index contributed by atoms with van der Waals surface area (Å²) in [6, 6.07) is 9.29. The molecule has 0 saturated carbocycles. The Morgan fingerprint density at radius 1 is 1.10 bits per heavy atom. The molecule has 2 aromatic rings. The van der Waals surface area contributed by atoms with Gasteiger partial charge in [0.15, 0.2) is 0 Å². The van der Waals surface area contributed by atoms with Gasteiger partial charge in [0.25, 0.3) is 0 Å². The lowest BCUT2D eigenvalue weighted by molar-refractivity contribution is -0.132. The fourth-order valence-electron chi connectivity index (χ4n) is 3.83. The van der Waals surface area contributed by atoms with Crippen LogP contribution in [0.3, 0.4) is 0 Å². The Hall–Kier alpha value is -2.42. The largest absolute Gasteiger partial charge is 0.379 e. The molecule has 2 amide bonds. The van der Waals surface area contributed by atoms with E-state index in [-0.39, 0.29) is 17.9 Å². The Kier molecular flexibility index (Phi) is 6.66. The van der Waals surface area contributed by atoms with E-state index >= 15 is 0 Å². The smallest absolute Gasteiger partial charge is 0.245 e. The highest BCUT2D eigenvalue weighted by atomic mass is 32.1. The predicted molar refractivity (Wildman–Crippen MR) is 119 cm³/mol. The zero-order valence-corrected chi connectivity index (χ0v) is 18.0. The quantitative estimate of drug-likeness (QED) is 0.739. The molecule has 4 rings (SSSR count). The zero-order valence-electron chi connectivity index (χ0n) is 17.2. The molecule has 8 heteroatoms. The maximum Gasteiger partial charge on any atom is 0.245 e. The first-order valence-corrected chi connectivity index (χ1v) is 11.3. The first kappa shape index (κ1) is 20.8. The normalized spacial score (nSPS) is 17.8. The van der Waals surface area contributed by atoms with Crippen LogP contribution in [0.2, 0.25) is 0 Å². The van der Waals surface area contributed by atoms with Crippen LogP contribution in [0.15, 0.2) is 35.7 Å². The van der Waals surface area contributed by atoms with E-state index in [2.05, 4.69) is 27.0 Å². The van der Waals surface area contributed by atoms with Gasteiger partial charge >= 0.3 is 0 Å². The van der Waals surface area contributed by atoms with Gasteiger partial charge in [0.2, 0.25) is 11.8 Å². The van der Waals surface area contributed by atoms with Crippen LogP contribution in [-0.4, -0.2) is 67.0 Å². The summed E-state index contributed by atoms with van der Waals surface area (Å²) in [5.74, 6) is 0.0776. The maximum absolute atomic E-state index is 12.8. The summed E-state index contributed by atoms with van der Waals surface area (Å²) in [6.45, 7) is 6.65. The summed E-state index contributed by atoms with van der Waals surface area (Å²) in [5.41, 5.74) is 2.87. The Bertz CT molecular complexity index is 877. The van der Waals surface area contributed by atoms with Crippen molar-refractivity contribution >= 4 is 34.5 Å². The summed E-state index contributed by atoms with van der Waals surface area (Å²) in [6.07, 6.45) is 0.935. The molecule has 30 heavy (non-hydrogen) atoms. The second kappa shape index (κ2) is 9.59. The molecular formula is C22H28N4O3S. The number of amides is 2. The average Bonchev–Trinajstić information content (AvgIpc) is 3.23. The van der Waals surface area contributed by atoms with Crippen LogP contribution in [0.1, 0.15) is 17.4 Å². The van der Waals surface area contributed by atoms with Gasteiger partial charge in [-0.2, -0.15) is 0 Å². The number of hydrogen-bond acceptors (Lipinski definition) is 6. The standard InChI is InChI=1S/C22H28N4O3S/c1-16(22(28)26-8-6-20-17(14-26)7-13-30-20)23-18-2-4-19(5-3-18)24-21(27)15-25-9-11-29-12-10-25/h2-5,7,13,16,23H,6,8-12,14-15H2,1H3,(H,24,27). The van der Waals surface area contributed by atoms with Gasteiger partial charge in [-0.25, -0.2) is 0 Å². The van der Waals surface area contributed by atoms with E-state index in [0.29, 0.717) is 26.3 Å². The molecule has 1 aromatic heterocycles. The fraction of sp³-hybridized carbons (Fsp3) is 0.455. The van der Waals surface area contributed by atoms with Crippen molar-refractivity contribution < 1.29 is 14.3 Å². The minimum absolute atomic E-state index is 0.0287. The summed E-state index contributed by atoms with van der Waals surface area (Å²) >= 11 is 1.77. The first-order chi connectivity index (χ1) is 14.6. The van der Waals surface area contributed by atoms with Gasteiger partial charge in [-0.3, -0.25) is 14.5 Å². The molecule has 0 radical (unpaired) electrons. The lowest BCUT2D eigenvalue weighted by Crippen LogP contribution is -2.43. The lowest BCUT2D eigenvalue weighted by Gasteiger charge is -2.30. The molecule has 1 atom stereocenters. The number of carbonyl (C=O) groups is 2. The first-order valence-electron chi connectivity index (χ1n) is 10.4. The molecule has 2 N–H and O–H groups in total. The Balaban J connectivity index is 1.26. The highest BCUT2D eigenvalue weighted by Crippen LogP contribution is 2.24. The minimum Gasteiger partial charge on any atom is -0.379 e. The number of hydrogen-bond donors (Lipinski definition) is 2. The van der Waals surface area contributed by atoms with E-state index in [1.807, 2.05) is 36.1 Å². The SMILES string of the molecule is CC(Nc1ccc(NC(=O)CN2CCOCC2)cc1)C(=O)N1CCc2sccc2C1. The molecule has 0 bridgehead atoms. The van der Waals surface area contributed by atoms with E-state index in [9.17, 15) is 9.59 Å². The van der Waals surface area contributed by atoms with E-state index < -0.39 is 0 Å². The van der Waals surface area contributed by atoms with Crippen molar-refractivity contribution in [2.24, 2.45) is 0 Å². The minimum atomic E-state index is -0.313. The molecule has 3 heterocycles. The van der Waals surface area contributed by atoms with Gasteiger partial charge in [0.1, 0.15) is 6.04 Å². The number of nitrogens with zero attached hydrogens (tertiary/aromatic N) is 2. The van der Waals surface area contributed by atoms with Gasteiger partial charge in [-0.1, -0.05) is 0 Å². The van der Waals surface area contributed by atoms with Gasteiger partial charge in [0.05, 0.1) is 19.8 Å². The van der Waals surface area contributed by atoms with Crippen LogP contribution >= 0.6 is 11.3 Å². The summed E-state index contributed by atoms with van der Waals surface area (Å²) in [5, 5.41) is 8.31. The zero-order chi connectivity index (χ0) is 20.9. The van der Waals surface area contributed by atoms with Crippen molar-refractivity contribution in [2.45, 2.75) is 25.9 Å². The molecule has 2 aliphatic rings. The summed E-state index contributed by atoms with van der Waals surface area (Å²) in [7, 11) is 0. The molecule has 1 aromatic carbocycles. The van der Waals surface area contributed by atoms with Crippen molar-refractivity contribution in [2.75, 3.05) is 50.0 Å². The number of benzene rings is 1. The van der Waals surface area contributed by atoms with Crippen LogP contribution in [0.25, 0.3) is 0 Å². The number of morpholine rings is 1. The van der Waals surface area contributed by atoms with Gasteiger partial charge in [-0.15, -0.1) is 11.3 Å². The molecule has 1 unspecified atom stereocenters. The summed E-state index contributed by atoms with van der Waals surface area (Å²) in [4.78, 5) is 30.5. The number of thiophene rings is 1. The van der Waals surface area contributed by atoms with E-state index in [1.165, 1.54) is 10.4 Å². The lowest BCUT2D eigenvalue weighted by atomic mass is 10.1.